The van der Waals surface area contributed by atoms with E-state index in [9.17, 15) is 9.18 Å². The molecule has 1 aromatic carbocycles. The molecule has 1 heterocycles. The molecule has 1 aromatic heterocycles. The normalized spacial score (nSPS) is 16.7. The Morgan fingerprint density at radius 2 is 2.05 bits per heavy atom. The topological polar surface area (TPSA) is 57.8 Å². The van der Waals surface area contributed by atoms with Crippen molar-refractivity contribution in [1.29, 1.82) is 0 Å². The summed E-state index contributed by atoms with van der Waals surface area (Å²) in [7, 11) is 0. The van der Waals surface area contributed by atoms with Gasteiger partial charge < -0.3 is 10.3 Å². The summed E-state index contributed by atoms with van der Waals surface area (Å²) in [4.78, 5) is 18.8. The summed E-state index contributed by atoms with van der Waals surface area (Å²) in [5.74, 6) is -0.196. The van der Waals surface area contributed by atoms with Crippen LogP contribution in [0.15, 0.2) is 36.7 Å². The van der Waals surface area contributed by atoms with Crippen LogP contribution in [0.1, 0.15) is 35.4 Å². The van der Waals surface area contributed by atoms with Crippen LogP contribution in [-0.2, 0) is 5.54 Å². The number of imidazole rings is 1. The molecule has 4 nitrogen and oxygen atoms in total. The molecule has 98 valence electrons. The first-order valence-electron chi connectivity index (χ1n) is 6.28. The van der Waals surface area contributed by atoms with Crippen LogP contribution in [0.3, 0.4) is 0 Å². The zero-order valence-corrected chi connectivity index (χ0v) is 10.3. The van der Waals surface area contributed by atoms with Gasteiger partial charge in [0, 0.05) is 12.4 Å². The van der Waals surface area contributed by atoms with Crippen LogP contribution < -0.4 is 5.32 Å². The van der Waals surface area contributed by atoms with Crippen LogP contribution in [0, 0.1) is 5.82 Å². The Kier molecular flexibility index (Phi) is 2.81. The Morgan fingerprint density at radius 3 is 2.58 bits per heavy atom. The molecule has 1 fully saturated rings. The lowest BCUT2D eigenvalue weighted by atomic mass is 9.71. The number of halogens is 1. The zero-order chi connectivity index (χ0) is 13.3. The van der Waals surface area contributed by atoms with Crippen molar-refractivity contribution in [1.82, 2.24) is 15.3 Å². The van der Waals surface area contributed by atoms with Crippen molar-refractivity contribution >= 4 is 5.91 Å². The summed E-state index contributed by atoms with van der Waals surface area (Å²) in [6.45, 7) is 0. The van der Waals surface area contributed by atoms with Crippen molar-refractivity contribution in [2.24, 2.45) is 0 Å². The SMILES string of the molecule is O=C(NC1(c2ccc(F)cc2)CCC1)c1ncc[nH]1. The molecule has 3 rings (SSSR count). The van der Waals surface area contributed by atoms with Crippen LogP contribution in [0.4, 0.5) is 4.39 Å². The Hall–Kier alpha value is -2.17. The average molecular weight is 259 g/mol. The highest BCUT2D eigenvalue weighted by atomic mass is 19.1. The zero-order valence-electron chi connectivity index (χ0n) is 10.3. The maximum absolute atomic E-state index is 13.0. The third-order valence-electron chi connectivity index (χ3n) is 3.67. The van der Waals surface area contributed by atoms with Gasteiger partial charge in [0.25, 0.3) is 5.91 Å². The van der Waals surface area contributed by atoms with Gasteiger partial charge in [0.2, 0.25) is 0 Å². The molecule has 1 aliphatic carbocycles. The third-order valence-corrected chi connectivity index (χ3v) is 3.67. The van der Waals surface area contributed by atoms with Gasteiger partial charge in [-0.2, -0.15) is 0 Å². The molecule has 1 aliphatic rings. The number of hydrogen-bond donors (Lipinski definition) is 2. The van der Waals surface area contributed by atoms with Gasteiger partial charge in [0.1, 0.15) is 5.82 Å². The van der Waals surface area contributed by atoms with Gasteiger partial charge >= 0.3 is 0 Å². The number of rotatable bonds is 3. The highest BCUT2D eigenvalue weighted by molar-refractivity contribution is 5.91. The van der Waals surface area contributed by atoms with Crippen LogP contribution in [-0.4, -0.2) is 15.9 Å². The molecule has 0 bridgehead atoms. The van der Waals surface area contributed by atoms with Crippen molar-refractivity contribution < 1.29 is 9.18 Å². The molecular formula is C14H14FN3O. The largest absolute Gasteiger partial charge is 0.341 e. The minimum absolute atomic E-state index is 0.228. The Morgan fingerprint density at radius 1 is 1.32 bits per heavy atom. The number of hydrogen-bond acceptors (Lipinski definition) is 2. The molecule has 5 heteroatoms. The Bertz CT molecular complexity index is 573. The number of carbonyl (C=O) groups excluding carboxylic acids is 1. The van der Waals surface area contributed by atoms with Crippen molar-refractivity contribution in [3.63, 3.8) is 0 Å². The van der Waals surface area contributed by atoms with Crippen molar-refractivity contribution in [2.45, 2.75) is 24.8 Å². The van der Waals surface area contributed by atoms with Gasteiger partial charge in [-0.15, -0.1) is 0 Å². The summed E-state index contributed by atoms with van der Waals surface area (Å²) in [5, 5.41) is 3.01. The highest BCUT2D eigenvalue weighted by Crippen LogP contribution is 2.41. The number of nitrogens with one attached hydrogen (secondary N) is 2. The smallest absolute Gasteiger partial charge is 0.287 e. The van der Waals surface area contributed by atoms with Crippen molar-refractivity contribution in [3.05, 3.63) is 53.9 Å². The highest BCUT2D eigenvalue weighted by Gasteiger charge is 2.40. The van der Waals surface area contributed by atoms with Gasteiger partial charge in [-0.3, -0.25) is 4.79 Å². The fraction of sp³-hybridized carbons (Fsp3) is 0.286. The van der Waals surface area contributed by atoms with Crippen LogP contribution in [0.2, 0.25) is 0 Å². The number of amides is 1. The molecule has 0 aliphatic heterocycles. The molecule has 1 saturated carbocycles. The summed E-state index contributed by atoms with van der Waals surface area (Å²) in [5.41, 5.74) is 0.567. The van der Waals surface area contributed by atoms with E-state index in [0.29, 0.717) is 5.82 Å². The summed E-state index contributed by atoms with van der Waals surface area (Å²) >= 11 is 0. The molecule has 0 spiro atoms. The van der Waals surface area contributed by atoms with E-state index >= 15 is 0 Å². The second kappa shape index (κ2) is 4.50. The number of aromatic nitrogens is 2. The van der Waals surface area contributed by atoms with Crippen LogP contribution in [0.5, 0.6) is 0 Å². The van der Waals surface area contributed by atoms with Gasteiger partial charge in [-0.25, -0.2) is 9.37 Å². The van der Waals surface area contributed by atoms with E-state index in [1.807, 2.05) is 0 Å². The predicted octanol–water partition coefficient (Wildman–Crippen LogP) is 2.36. The fourth-order valence-corrected chi connectivity index (χ4v) is 2.45. The summed E-state index contributed by atoms with van der Waals surface area (Å²) in [6, 6.07) is 6.32. The van der Waals surface area contributed by atoms with Gasteiger partial charge in [0.15, 0.2) is 5.82 Å². The minimum Gasteiger partial charge on any atom is -0.341 e. The molecule has 0 atom stereocenters. The van der Waals surface area contributed by atoms with Gasteiger partial charge in [-0.05, 0) is 37.0 Å². The maximum Gasteiger partial charge on any atom is 0.287 e. The Balaban J connectivity index is 1.83. The molecule has 2 N–H and O–H groups in total. The second-order valence-corrected chi connectivity index (χ2v) is 4.83. The van der Waals surface area contributed by atoms with E-state index in [1.165, 1.54) is 12.1 Å². The van der Waals surface area contributed by atoms with Crippen molar-refractivity contribution in [2.75, 3.05) is 0 Å². The van der Waals surface area contributed by atoms with E-state index in [1.54, 1.807) is 24.5 Å². The number of benzene rings is 1. The van der Waals surface area contributed by atoms with Gasteiger partial charge in [-0.1, -0.05) is 12.1 Å². The number of carbonyl (C=O) groups is 1. The first kappa shape index (κ1) is 11.9. The quantitative estimate of drug-likeness (QED) is 0.889. The molecule has 0 unspecified atom stereocenters. The monoisotopic (exact) mass is 259 g/mol. The number of nitrogens with zero attached hydrogens (tertiary/aromatic N) is 1. The van der Waals surface area contributed by atoms with E-state index in [2.05, 4.69) is 15.3 Å². The average Bonchev–Trinajstić information content (AvgIpc) is 2.89. The number of aromatic amines is 1. The first-order chi connectivity index (χ1) is 9.20. The van der Waals surface area contributed by atoms with Gasteiger partial charge in [0.05, 0.1) is 5.54 Å². The third kappa shape index (κ3) is 2.12. The lowest BCUT2D eigenvalue weighted by molar-refractivity contribution is 0.0813. The lowest BCUT2D eigenvalue weighted by Gasteiger charge is -2.42. The minimum atomic E-state index is -0.377. The first-order valence-corrected chi connectivity index (χ1v) is 6.28. The maximum atomic E-state index is 13.0. The molecule has 0 saturated heterocycles. The number of H-pyrrole nitrogens is 1. The van der Waals surface area contributed by atoms with Crippen molar-refractivity contribution in [3.8, 4) is 0 Å². The molecule has 0 radical (unpaired) electrons. The molecular weight excluding hydrogens is 245 g/mol. The summed E-state index contributed by atoms with van der Waals surface area (Å²) in [6.07, 6.45) is 5.94. The van der Waals surface area contributed by atoms with Crippen LogP contribution in [0.25, 0.3) is 0 Å². The van der Waals surface area contributed by atoms with E-state index in [0.717, 1.165) is 24.8 Å². The lowest BCUT2D eigenvalue weighted by Crippen LogP contribution is -2.51. The second-order valence-electron chi connectivity index (χ2n) is 4.83. The molecule has 1 amide bonds. The van der Waals surface area contributed by atoms with E-state index < -0.39 is 0 Å². The van der Waals surface area contributed by atoms with E-state index in [-0.39, 0.29) is 17.3 Å². The van der Waals surface area contributed by atoms with E-state index in [4.69, 9.17) is 0 Å². The molecule has 2 aromatic rings. The predicted molar refractivity (Wildman–Crippen MR) is 68.0 cm³/mol. The Labute approximate surface area is 110 Å². The fourth-order valence-electron chi connectivity index (χ4n) is 2.45. The van der Waals surface area contributed by atoms with Crippen LogP contribution >= 0.6 is 0 Å². The molecule has 19 heavy (non-hydrogen) atoms. The summed E-state index contributed by atoms with van der Waals surface area (Å²) < 4.78 is 13.0. The standard InChI is InChI=1S/C14H14FN3O/c15-11-4-2-10(3-5-11)14(6-1-7-14)18-13(19)12-16-8-9-17-12/h2-5,8-9H,1,6-7H2,(H,16,17)(H,18,19).